The highest BCUT2D eigenvalue weighted by molar-refractivity contribution is 9.10. The third-order valence-electron chi connectivity index (χ3n) is 2.60. The molecule has 0 fully saturated rings. The average Bonchev–Trinajstić information content (AvgIpc) is 2.74. The normalized spacial score (nSPS) is 10.6. The third-order valence-corrected chi connectivity index (χ3v) is 3.02. The van der Waals surface area contributed by atoms with Crippen molar-refractivity contribution in [2.45, 2.75) is 20.3 Å². The van der Waals surface area contributed by atoms with Crippen LogP contribution in [0.1, 0.15) is 18.2 Å². The van der Waals surface area contributed by atoms with Crippen LogP contribution in [-0.4, -0.2) is 17.0 Å². The topological polar surface area (TPSA) is 51.0 Å². The fraction of sp³-hybridized carbons (Fsp3) is 0.333. The summed E-state index contributed by atoms with van der Waals surface area (Å²) in [6.07, 6.45) is 0.907. The van der Waals surface area contributed by atoms with Gasteiger partial charge in [-0.05, 0) is 41.4 Å². The van der Waals surface area contributed by atoms with E-state index < -0.39 is 0 Å². The number of hydrogen-bond acceptors (Lipinski definition) is 4. The molecule has 0 aliphatic rings. The molecule has 1 N–H and O–H groups in total. The molecule has 2 aromatic heterocycles. The molecule has 0 saturated carbocycles. The third kappa shape index (κ3) is 2.34. The van der Waals surface area contributed by atoms with Crippen LogP contribution in [0, 0.1) is 6.92 Å². The Morgan fingerprint density at radius 3 is 2.65 bits per heavy atom. The van der Waals surface area contributed by atoms with E-state index in [0.717, 1.165) is 23.5 Å². The van der Waals surface area contributed by atoms with E-state index in [2.05, 4.69) is 38.1 Å². The quantitative estimate of drug-likeness (QED) is 0.943. The lowest BCUT2D eigenvalue weighted by molar-refractivity contribution is 0.551. The van der Waals surface area contributed by atoms with Crippen LogP contribution >= 0.6 is 15.9 Å². The van der Waals surface area contributed by atoms with Crippen LogP contribution in [-0.2, 0) is 6.42 Å². The second-order valence-electron chi connectivity index (χ2n) is 3.67. The average molecular weight is 296 g/mol. The van der Waals surface area contributed by atoms with E-state index in [1.54, 1.807) is 0 Å². The number of nitrogens with one attached hydrogen (secondary N) is 1. The first-order valence-electron chi connectivity index (χ1n) is 5.46. The molecule has 0 aliphatic heterocycles. The van der Waals surface area contributed by atoms with Crippen molar-refractivity contribution >= 4 is 21.7 Å². The highest BCUT2D eigenvalue weighted by Crippen LogP contribution is 2.25. The van der Waals surface area contributed by atoms with Gasteiger partial charge in [-0.2, -0.15) is 0 Å². The van der Waals surface area contributed by atoms with Gasteiger partial charge in [0.05, 0.1) is 0 Å². The van der Waals surface area contributed by atoms with E-state index in [0.29, 0.717) is 16.3 Å². The summed E-state index contributed by atoms with van der Waals surface area (Å²) in [5.41, 5.74) is 2.12. The Morgan fingerprint density at radius 1 is 1.35 bits per heavy atom. The smallest absolute Gasteiger partial charge is 0.197 e. The number of aryl methyl sites for hydroxylation is 1. The molecule has 2 rings (SSSR count). The highest BCUT2D eigenvalue weighted by atomic mass is 79.9. The van der Waals surface area contributed by atoms with Crippen molar-refractivity contribution in [3.63, 3.8) is 0 Å². The predicted octanol–water partition coefficient (Wildman–Crippen LogP) is 3.41. The molecule has 0 amide bonds. The molecule has 17 heavy (non-hydrogen) atoms. The second-order valence-corrected chi connectivity index (χ2v) is 4.45. The van der Waals surface area contributed by atoms with Crippen LogP contribution in [0.3, 0.4) is 0 Å². The zero-order valence-electron chi connectivity index (χ0n) is 10.0. The molecule has 90 valence electrons. The number of hydrogen-bond donors (Lipinski definition) is 1. The van der Waals surface area contributed by atoms with Crippen molar-refractivity contribution in [2.75, 3.05) is 12.4 Å². The minimum absolute atomic E-state index is 0.606. The first-order valence-corrected chi connectivity index (χ1v) is 6.26. The molecule has 0 atom stereocenters. The van der Waals surface area contributed by atoms with Gasteiger partial charge in [-0.3, -0.25) is 0 Å². The summed E-state index contributed by atoms with van der Waals surface area (Å²) in [5, 5.41) is 3.10. The first-order chi connectivity index (χ1) is 8.15. The Hall–Kier alpha value is -1.36. The monoisotopic (exact) mass is 295 g/mol. The molecule has 0 aromatic carbocycles. The molecule has 0 spiro atoms. The number of anilines is 1. The summed E-state index contributed by atoms with van der Waals surface area (Å²) in [6.45, 7) is 4.08. The van der Waals surface area contributed by atoms with Gasteiger partial charge in [0.25, 0.3) is 0 Å². The van der Waals surface area contributed by atoms with Gasteiger partial charge in [-0.15, -0.1) is 0 Å². The van der Waals surface area contributed by atoms with Gasteiger partial charge in [-0.25, -0.2) is 9.97 Å². The summed E-state index contributed by atoms with van der Waals surface area (Å²) >= 11 is 3.27. The molecule has 2 heterocycles. The van der Waals surface area contributed by atoms with Crippen LogP contribution < -0.4 is 5.32 Å². The van der Waals surface area contributed by atoms with Crippen LogP contribution in [0.5, 0.6) is 0 Å². The number of nitrogens with zero attached hydrogens (tertiary/aromatic N) is 2. The highest BCUT2D eigenvalue weighted by Gasteiger charge is 2.12. The molecular weight excluding hydrogens is 282 g/mol. The van der Waals surface area contributed by atoms with Crippen LogP contribution in [0.15, 0.2) is 21.2 Å². The van der Waals surface area contributed by atoms with Crippen molar-refractivity contribution in [3.8, 4) is 11.6 Å². The van der Waals surface area contributed by atoms with Gasteiger partial charge in [0.1, 0.15) is 5.82 Å². The van der Waals surface area contributed by atoms with Crippen molar-refractivity contribution in [3.05, 3.63) is 28.1 Å². The Bertz CT molecular complexity index is 537. The predicted molar refractivity (Wildman–Crippen MR) is 71.1 cm³/mol. The zero-order valence-corrected chi connectivity index (χ0v) is 11.6. The molecule has 0 unspecified atom stereocenters. The summed E-state index contributed by atoms with van der Waals surface area (Å²) in [4.78, 5) is 8.94. The number of halogens is 1. The maximum atomic E-state index is 5.46. The standard InChI is InChI=1S/C12H14BrN3O/c1-4-8-7(2)15-12(16-11(8)14-3)9-5-6-10(13)17-9/h5-6H,4H2,1-3H3,(H,14,15,16). The van der Waals surface area contributed by atoms with E-state index in [-0.39, 0.29) is 0 Å². The van der Waals surface area contributed by atoms with Crippen LogP contribution in [0.4, 0.5) is 5.82 Å². The van der Waals surface area contributed by atoms with Gasteiger partial charge < -0.3 is 9.73 Å². The lowest BCUT2D eigenvalue weighted by atomic mass is 10.1. The fourth-order valence-corrected chi connectivity index (χ4v) is 2.08. The molecule has 5 heteroatoms. The summed E-state index contributed by atoms with van der Waals surface area (Å²) < 4.78 is 6.14. The minimum Gasteiger partial charge on any atom is -0.446 e. The number of rotatable bonds is 3. The van der Waals surface area contributed by atoms with Gasteiger partial charge in [-0.1, -0.05) is 6.92 Å². The lowest BCUT2D eigenvalue weighted by Gasteiger charge is -2.10. The van der Waals surface area contributed by atoms with Crippen molar-refractivity contribution in [1.29, 1.82) is 0 Å². The van der Waals surface area contributed by atoms with E-state index >= 15 is 0 Å². The summed E-state index contributed by atoms with van der Waals surface area (Å²) in [6, 6.07) is 3.69. The lowest BCUT2D eigenvalue weighted by Crippen LogP contribution is -2.04. The van der Waals surface area contributed by atoms with Gasteiger partial charge in [0, 0.05) is 18.3 Å². The van der Waals surface area contributed by atoms with Gasteiger partial charge in [0.2, 0.25) is 0 Å². The Balaban J connectivity index is 2.53. The largest absolute Gasteiger partial charge is 0.446 e. The van der Waals surface area contributed by atoms with Gasteiger partial charge in [0.15, 0.2) is 16.3 Å². The van der Waals surface area contributed by atoms with Crippen LogP contribution in [0.2, 0.25) is 0 Å². The Kier molecular flexibility index (Phi) is 3.47. The molecule has 0 aliphatic carbocycles. The molecule has 0 bridgehead atoms. The van der Waals surface area contributed by atoms with E-state index in [1.165, 1.54) is 0 Å². The van der Waals surface area contributed by atoms with Crippen molar-refractivity contribution in [1.82, 2.24) is 9.97 Å². The van der Waals surface area contributed by atoms with Crippen molar-refractivity contribution < 1.29 is 4.42 Å². The maximum absolute atomic E-state index is 5.46. The molecule has 0 radical (unpaired) electrons. The minimum atomic E-state index is 0.606. The molecular formula is C12H14BrN3O. The van der Waals surface area contributed by atoms with E-state index in [4.69, 9.17) is 4.42 Å². The van der Waals surface area contributed by atoms with E-state index in [9.17, 15) is 0 Å². The first kappa shape index (κ1) is 12.1. The summed E-state index contributed by atoms with van der Waals surface area (Å²) in [5.74, 6) is 2.14. The summed E-state index contributed by atoms with van der Waals surface area (Å²) in [7, 11) is 1.86. The SMILES string of the molecule is CCc1c(C)nc(-c2ccc(Br)o2)nc1NC. The second kappa shape index (κ2) is 4.87. The van der Waals surface area contributed by atoms with E-state index in [1.807, 2.05) is 26.1 Å². The maximum Gasteiger partial charge on any atom is 0.197 e. The molecule has 4 nitrogen and oxygen atoms in total. The van der Waals surface area contributed by atoms with Crippen LogP contribution in [0.25, 0.3) is 11.6 Å². The zero-order chi connectivity index (χ0) is 12.4. The Labute approximate surface area is 109 Å². The molecule has 0 saturated heterocycles. The Morgan fingerprint density at radius 2 is 2.12 bits per heavy atom. The van der Waals surface area contributed by atoms with Gasteiger partial charge >= 0.3 is 0 Å². The van der Waals surface area contributed by atoms with Crippen molar-refractivity contribution in [2.24, 2.45) is 0 Å². The number of aromatic nitrogens is 2. The molecule has 2 aromatic rings. The fourth-order valence-electron chi connectivity index (χ4n) is 1.77. The number of furan rings is 1.